The highest BCUT2D eigenvalue weighted by Crippen LogP contribution is 2.55. The summed E-state index contributed by atoms with van der Waals surface area (Å²) in [7, 11) is -2.01. The Balaban J connectivity index is 2.17. The Hall–Kier alpha value is -2.70. The van der Waals surface area contributed by atoms with Gasteiger partial charge in [-0.05, 0) is 64.1 Å². The van der Waals surface area contributed by atoms with Gasteiger partial charge in [0.25, 0.3) is 0 Å². The van der Waals surface area contributed by atoms with Gasteiger partial charge < -0.3 is 4.74 Å². The van der Waals surface area contributed by atoms with Gasteiger partial charge in [-0.2, -0.15) is 0 Å². The second-order valence-electron chi connectivity index (χ2n) is 7.96. The van der Waals surface area contributed by atoms with Crippen LogP contribution in [0.2, 0.25) is 0 Å². The maximum absolute atomic E-state index is 12.1. The van der Waals surface area contributed by atoms with Crippen LogP contribution in [0.25, 0.3) is 0 Å². The van der Waals surface area contributed by atoms with E-state index in [4.69, 9.17) is 4.74 Å². The minimum absolute atomic E-state index is 0.329. The molecule has 0 N–H and O–H groups in total. The summed E-state index contributed by atoms with van der Waals surface area (Å²) in [5, 5.41) is 3.89. The molecular formula is C27H30O2P+. The monoisotopic (exact) mass is 417 g/mol. The number of benzene rings is 3. The van der Waals surface area contributed by atoms with Gasteiger partial charge in [0.15, 0.2) is 0 Å². The third-order valence-electron chi connectivity index (χ3n) is 5.43. The van der Waals surface area contributed by atoms with Crippen molar-refractivity contribution in [3.8, 4) is 0 Å². The van der Waals surface area contributed by atoms with Crippen molar-refractivity contribution in [2.24, 2.45) is 0 Å². The van der Waals surface area contributed by atoms with E-state index in [0.717, 1.165) is 6.16 Å². The highest BCUT2D eigenvalue weighted by Gasteiger charge is 2.45. The van der Waals surface area contributed by atoms with Crippen LogP contribution in [0.4, 0.5) is 0 Å². The molecule has 0 amide bonds. The number of ether oxygens (including phenoxy) is 1. The lowest BCUT2D eigenvalue weighted by molar-refractivity contribution is -0.138. The molecule has 0 heterocycles. The summed E-state index contributed by atoms with van der Waals surface area (Å²) in [5.74, 6) is -0.329. The predicted octanol–water partition coefficient (Wildman–Crippen LogP) is 5.03. The molecule has 0 radical (unpaired) electrons. The number of carbonyl (C=O) groups is 1. The van der Waals surface area contributed by atoms with Crippen LogP contribution in [0.15, 0.2) is 84.9 Å². The van der Waals surface area contributed by atoms with Crippen LogP contribution in [0.5, 0.6) is 0 Å². The number of hydrogen-bond donors (Lipinski definition) is 0. The Bertz CT molecular complexity index is 905. The molecule has 0 aromatic heterocycles. The van der Waals surface area contributed by atoms with Crippen molar-refractivity contribution in [3.05, 3.63) is 102 Å². The third kappa shape index (κ3) is 4.71. The first-order valence-corrected chi connectivity index (χ1v) is 12.2. The second kappa shape index (κ2) is 9.41. The molecule has 0 aliphatic carbocycles. The fraction of sp³-hybridized carbons (Fsp3) is 0.222. The fourth-order valence-corrected chi connectivity index (χ4v) is 7.64. The van der Waals surface area contributed by atoms with E-state index in [1.165, 1.54) is 32.6 Å². The number of esters is 1. The molecule has 0 unspecified atom stereocenters. The van der Waals surface area contributed by atoms with Crippen molar-refractivity contribution < 1.29 is 9.53 Å². The van der Waals surface area contributed by atoms with Crippen LogP contribution in [-0.4, -0.2) is 18.7 Å². The molecule has 0 aliphatic heterocycles. The van der Waals surface area contributed by atoms with Crippen LogP contribution in [0.3, 0.4) is 0 Å². The summed E-state index contributed by atoms with van der Waals surface area (Å²) >= 11 is 0. The number of aryl methyl sites for hydroxylation is 3. The predicted molar refractivity (Wildman–Crippen MR) is 130 cm³/mol. The first-order valence-electron chi connectivity index (χ1n) is 10.3. The smallest absolute Gasteiger partial charge is 0.333 e. The van der Waals surface area contributed by atoms with E-state index in [1.807, 2.05) is 0 Å². The van der Waals surface area contributed by atoms with Gasteiger partial charge in [-0.15, -0.1) is 0 Å². The molecule has 0 spiro atoms. The van der Waals surface area contributed by atoms with Gasteiger partial charge >= 0.3 is 5.97 Å². The molecule has 0 fully saturated rings. The third-order valence-corrected chi connectivity index (χ3v) is 9.83. The van der Waals surface area contributed by atoms with E-state index in [2.05, 4.69) is 100 Å². The summed E-state index contributed by atoms with van der Waals surface area (Å²) in [6.45, 7) is 12.1. The van der Waals surface area contributed by atoms with Gasteiger partial charge in [-0.25, -0.2) is 4.79 Å². The highest BCUT2D eigenvalue weighted by atomic mass is 31.2. The first-order chi connectivity index (χ1) is 14.3. The molecule has 0 saturated heterocycles. The summed E-state index contributed by atoms with van der Waals surface area (Å²) in [5.41, 5.74) is 4.13. The Morgan fingerprint density at radius 1 is 0.733 bits per heavy atom. The minimum Gasteiger partial charge on any atom is -0.458 e. The number of rotatable bonds is 7. The molecule has 0 saturated carbocycles. The van der Waals surface area contributed by atoms with Crippen LogP contribution in [0.1, 0.15) is 23.6 Å². The van der Waals surface area contributed by atoms with Crippen molar-refractivity contribution in [3.63, 3.8) is 0 Å². The van der Waals surface area contributed by atoms with Crippen molar-refractivity contribution >= 4 is 29.1 Å². The normalized spacial score (nSPS) is 11.2. The lowest BCUT2D eigenvalue weighted by atomic mass is 10.2. The molecule has 2 nitrogen and oxygen atoms in total. The summed E-state index contributed by atoms with van der Waals surface area (Å²) in [4.78, 5) is 12.1. The van der Waals surface area contributed by atoms with Gasteiger partial charge in [0, 0.05) is 5.57 Å². The zero-order chi connectivity index (χ0) is 21.7. The molecule has 30 heavy (non-hydrogen) atoms. The van der Waals surface area contributed by atoms with E-state index in [9.17, 15) is 4.79 Å². The van der Waals surface area contributed by atoms with Gasteiger partial charge in [0.05, 0.1) is 0 Å². The summed E-state index contributed by atoms with van der Waals surface area (Å²) in [6.07, 6.45) is 0.751. The average molecular weight is 418 g/mol. The quantitative estimate of drug-likeness (QED) is 0.306. The van der Waals surface area contributed by atoms with Crippen molar-refractivity contribution in [1.82, 2.24) is 0 Å². The first kappa shape index (κ1) is 22.0. The van der Waals surface area contributed by atoms with E-state index in [1.54, 1.807) is 6.92 Å². The standard InChI is InChI=1S/C27H30O2P/c1-20(2)27(28)29-18-19-30(24-12-6-21(3)7-13-24,25-14-8-22(4)9-15-25)26-16-10-23(5)11-17-26/h6-17H,1,18-19H2,2-5H3/q+1. The average Bonchev–Trinajstić information content (AvgIpc) is 2.73. The van der Waals surface area contributed by atoms with Gasteiger partial charge in [0.1, 0.15) is 35.9 Å². The number of carbonyl (C=O) groups excluding carboxylic acids is 1. The Labute approximate surface area is 181 Å². The molecule has 0 bridgehead atoms. The highest BCUT2D eigenvalue weighted by molar-refractivity contribution is 7.95. The fourth-order valence-electron chi connectivity index (χ4n) is 3.63. The maximum atomic E-state index is 12.1. The second-order valence-corrected chi connectivity index (χ2v) is 11.6. The molecule has 0 aliphatic rings. The maximum Gasteiger partial charge on any atom is 0.333 e. The van der Waals surface area contributed by atoms with Crippen molar-refractivity contribution in [2.75, 3.05) is 12.8 Å². The summed E-state index contributed by atoms with van der Waals surface area (Å²) < 4.78 is 5.58. The van der Waals surface area contributed by atoms with Gasteiger partial charge in [-0.3, -0.25) is 0 Å². The Morgan fingerprint density at radius 3 is 1.37 bits per heavy atom. The van der Waals surface area contributed by atoms with Crippen LogP contribution in [-0.2, 0) is 9.53 Å². The molecule has 0 atom stereocenters. The van der Waals surface area contributed by atoms with E-state index >= 15 is 0 Å². The van der Waals surface area contributed by atoms with E-state index in [-0.39, 0.29) is 5.97 Å². The molecule has 3 aromatic rings. The van der Waals surface area contributed by atoms with Crippen LogP contribution < -0.4 is 15.9 Å². The van der Waals surface area contributed by atoms with E-state index < -0.39 is 7.26 Å². The molecular weight excluding hydrogens is 387 g/mol. The molecule has 3 rings (SSSR count). The Morgan fingerprint density at radius 2 is 1.07 bits per heavy atom. The topological polar surface area (TPSA) is 26.3 Å². The van der Waals surface area contributed by atoms with Crippen molar-refractivity contribution in [2.45, 2.75) is 27.7 Å². The molecule has 3 heteroatoms. The van der Waals surface area contributed by atoms with Crippen LogP contribution in [0, 0.1) is 20.8 Å². The van der Waals surface area contributed by atoms with Crippen LogP contribution >= 0.6 is 7.26 Å². The van der Waals surface area contributed by atoms with Gasteiger partial charge in [-0.1, -0.05) is 59.7 Å². The number of hydrogen-bond acceptors (Lipinski definition) is 2. The van der Waals surface area contributed by atoms with E-state index in [0.29, 0.717) is 12.2 Å². The zero-order valence-corrected chi connectivity index (χ0v) is 19.2. The van der Waals surface area contributed by atoms with Gasteiger partial charge in [0.2, 0.25) is 0 Å². The minimum atomic E-state index is -2.01. The summed E-state index contributed by atoms with van der Waals surface area (Å²) in [6, 6.07) is 26.5. The Kier molecular flexibility index (Phi) is 6.90. The molecule has 3 aromatic carbocycles. The molecule has 154 valence electrons. The zero-order valence-electron chi connectivity index (χ0n) is 18.3. The largest absolute Gasteiger partial charge is 0.458 e. The SMILES string of the molecule is C=C(C)C(=O)OCC[P+](c1ccc(C)cc1)(c1ccc(C)cc1)c1ccc(C)cc1. The van der Waals surface area contributed by atoms with Crippen molar-refractivity contribution in [1.29, 1.82) is 0 Å². The lowest BCUT2D eigenvalue weighted by Crippen LogP contribution is -2.35. The lowest BCUT2D eigenvalue weighted by Gasteiger charge is -2.28.